The highest BCUT2D eigenvalue weighted by molar-refractivity contribution is 6.30. The van der Waals surface area contributed by atoms with Crippen molar-refractivity contribution in [3.63, 3.8) is 0 Å². The molecule has 1 N–H and O–H groups in total. The molecule has 0 spiro atoms. The molecule has 8 nitrogen and oxygen atoms in total. The van der Waals surface area contributed by atoms with Crippen molar-refractivity contribution in [3.8, 4) is 34.6 Å². The molecule has 0 amide bonds. The zero-order valence-corrected chi connectivity index (χ0v) is 26.4. The van der Waals surface area contributed by atoms with Crippen molar-refractivity contribution in [1.82, 2.24) is 14.5 Å². The maximum Gasteiger partial charge on any atom is 0.382 e. The lowest BCUT2D eigenvalue weighted by Gasteiger charge is -2.33. The van der Waals surface area contributed by atoms with Gasteiger partial charge >= 0.3 is 5.97 Å². The highest BCUT2D eigenvalue weighted by atomic mass is 35.5. The number of hydrogen-bond donors (Lipinski definition) is 1. The van der Waals surface area contributed by atoms with Gasteiger partial charge < -0.3 is 23.9 Å². The number of likely N-dealkylation sites (tertiary alicyclic amines) is 1. The third-order valence-corrected chi connectivity index (χ3v) is 9.29. The molecule has 1 aromatic heterocycles. The lowest BCUT2D eigenvalue weighted by molar-refractivity contribution is -0.130. The van der Waals surface area contributed by atoms with Gasteiger partial charge in [-0.05, 0) is 92.7 Å². The number of imidazole rings is 1. The fourth-order valence-corrected chi connectivity index (χ4v) is 6.70. The number of ether oxygens (including phenoxy) is 3. The van der Waals surface area contributed by atoms with Crippen LogP contribution >= 0.6 is 11.6 Å². The molecule has 0 radical (unpaired) electrons. The summed E-state index contributed by atoms with van der Waals surface area (Å²) in [5.41, 5.74) is 2.93. The first-order valence-corrected chi connectivity index (χ1v) is 16.0. The largest absolute Gasteiger partial charge is 0.472 e. The van der Waals surface area contributed by atoms with Crippen molar-refractivity contribution in [2.24, 2.45) is 0 Å². The smallest absolute Gasteiger partial charge is 0.382 e. The number of aliphatic carboxylic acids is 1. The molecular weight excluding hydrogens is 628 g/mol. The van der Waals surface area contributed by atoms with Gasteiger partial charge in [-0.2, -0.15) is 0 Å². The topological polar surface area (TPSA) is 86.1 Å². The van der Waals surface area contributed by atoms with Gasteiger partial charge in [0.05, 0.1) is 24.8 Å². The van der Waals surface area contributed by atoms with Gasteiger partial charge in [-0.3, -0.25) is 4.90 Å². The van der Waals surface area contributed by atoms with Crippen LogP contribution in [-0.4, -0.2) is 51.3 Å². The second kappa shape index (κ2) is 12.6. The van der Waals surface area contributed by atoms with Crippen LogP contribution in [0.5, 0.6) is 11.5 Å². The standard InChI is InChI=1S/C36H32ClF2N3O5/c1-36(28-10-7-24(37)19-29(28)39)46-31-4-2-3-27(35(31)47-36)22-13-16-41(17-14-22)21-32-40-34(23-5-8-25(38)9-6-23)30(11-12-33(43)44)42(32)20-26-15-18-45-26/h2-10,19,22,26H,13-18,20-21H2,1H3,(H,43,44)/t26-,36-/m0/s1. The minimum Gasteiger partial charge on any atom is -0.472 e. The van der Waals surface area contributed by atoms with Crippen LogP contribution in [0.4, 0.5) is 8.78 Å². The molecule has 4 aromatic rings. The van der Waals surface area contributed by atoms with Gasteiger partial charge in [-0.25, -0.2) is 18.6 Å². The fraction of sp³-hybridized carbons (Fsp3) is 0.333. The number of benzene rings is 3. The zero-order valence-electron chi connectivity index (χ0n) is 25.6. The first kappa shape index (κ1) is 31.2. The third kappa shape index (κ3) is 6.31. The van der Waals surface area contributed by atoms with Crippen molar-refractivity contribution in [2.45, 2.75) is 57.1 Å². The molecule has 0 aliphatic carbocycles. The van der Waals surface area contributed by atoms with Gasteiger partial charge in [0.2, 0.25) is 0 Å². The van der Waals surface area contributed by atoms with Crippen molar-refractivity contribution < 1.29 is 32.9 Å². The quantitative estimate of drug-likeness (QED) is 0.220. The summed E-state index contributed by atoms with van der Waals surface area (Å²) in [6.07, 6.45) is 2.55. The number of carboxylic acid groups (broad SMARTS) is 1. The van der Waals surface area contributed by atoms with Crippen LogP contribution < -0.4 is 9.47 Å². The molecule has 3 aliphatic heterocycles. The second-order valence-electron chi connectivity index (χ2n) is 12.2. The SMILES string of the molecule is C[C@]1(c2ccc(Cl)cc2F)Oc2cccc(C3CCN(Cc4nc(-c5ccc(F)cc5)c(C#CC(=O)O)n4C[C@@H]4CCO4)CC3)c2O1. The zero-order chi connectivity index (χ0) is 32.7. The van der Waals surface area contributed by atoms with Gasteiger partial charge in [0.15, 0.2) is 11.5 Å². The molecule has 0 unspecified atom stereocenters. The molecule has 242 valence electrons. The molecule has 0 bridgehead atoms. The summed E-state index contributed by atoms with van der Waals surface area (Å²) in [6, 6.07) is 16.2. The predicted molar refractivity (Wildman–Crippen MR) is 170 cm³/mol. The van der Waals surface area contributed by atoms with Gasteiger partial charge in [-0.1, -0.05) is 23.7 Å². The van der Waals surface area contributed by atoms with Crippen LogP contribution in [0, 0.1) is 23.5 Å². The van der Waals surface area contributed by atoms with E-state index in [4.69, 9.17) is 30.8 Å². The molecule has 3 aliphatic rings. The maximum atomic E-state index is 14.9. The number of carboxylic acids is 1. The molecule has 4 heterocycles. The number of para-hydroxylation sites is 1. The summed E-state index contributed by atoms with van der Waals surface area (Å²) in [6.45, 7) is 4.93. The lowest BCUT2D eigenvalue weighted by atomic mass is 9.88. The summed E-state index contributed by atoms with van der Waals surface area (Å²) in [5.74, 6) is 3.76. The third-order valence-electron chi connectivity index (χ3n) is 9.06. The Hall–Kier alpha value is -4.43. The molecule has 3 aromatic carbocycles. The van der Waals surface area contributed by atoms with Gasteiger partial charge in [0, 0.05) is 35.6 Å². The average Bonchev–Trinajstić information content (AvgIpc) is 3.55. The number of nitrogens with zero attached hydrogens (tertiary/aromatic N) is 3. The van der Waals surface area contributed by atoms with Crippen LogP contribution in [0.15, 0.2) is 60.7 Å². The van der Waals surface area contributed by atoms with Crippen molar-refractivity contribution in [1.29, 1.82) is 0 Å². The van der Waals surface area contributed by atoms with E-state index in [1.54, 1.807) is 31.2 Å². The van der Waals surface area contributed by atoms with E-state index in [9.17, 15) is 18.7 Å². The summed E-state index contributed by atoms with van der Waals surface area (Å²) >= 11 is 5.98. The minimum absolute atomic E-state index is 0.0189. The van der Waals surface area contributed by atoms with E-state index < -0.39 is 17.6 Å². The van der Waals surface area contributed by atoms with E-state index in [1.807, 2.05) is 22.8 Å². The van der Waals surface area contributed by atoms with Crippen LogP contribution in [0.1, 0.15) is 54.7 Å². The minimum atomic E-state index is -1.32. The monoisotopic (exact) mass is 659 g/mol. The molecule has 11 heteroatoms. The number of rotatable bonds is 7. The Labute approximate surface area is 275 Å². The lowest BCUT2D eigenvalue weighted by Crippen LogP contribution is -2.35. The highest BCUT2D eigenvalue weighted by Crippen LogP contribution is 2.50. The van der Waals surface area contributed by atoms with E-state index in [0.717, 1.165) is 43.7 Å². The van der Waals surface area contributed by atoms with Crippen molar-refractivity contribution in [2.75, 3.05) is 19.7 Å². The first-order chi connectivity index (χ1) is 22.7. The summed E-state index contributed by atoms with van der Waals surface area (Å²) in [5, 5.41) is 9.63. The Kier molecular flexibility index (Phi) is 8.39. The maximum absolute atomic E-state index is 14.9. The normalized spacial score (nSPS) is 20.8. The summed E-state index contributed by atoms with van der Waals surface area (Å²) in [4.78, 5) is 18.7. The number of piperidine rings is 1. The van der Waals surface area contributed by atoms with E-state index in [2.05, 4.69) is 16.7 Å². The molecule has 2 saturated heterocycles. The average molecular weight is 660 g/mol. The second-order valence-corrected chi connectivity index (χ2v) is 12.6. The van der Waals surface area contributed by atoms with E-state index in [0.29, 0.717) is 53.2 Å². The van der Waals surface area contributed by atoms with E-state index in [-0.39, 0.29) is 23.4 Å². The molecule has 2 fully saturated rings. The van der Waals surface area contributed by atoms with Crippen molar-refractivity contribution >= 4 is 17.6 Å². The Morgan fingerprint density at radius 2 is 1.85 bits per heavy atom. The van der Waals surface area contributed by atoms with Crippen LogP contribution in [-0.2, 0) is 28.4 Å². The highest BCUT2D eigenvalue weighted by Gasteiger charge is 2.43. The Balaban J connectivity index is 1.12. The molecule has 0 saturated carbocycles. The molecule has 2 atom stereocenters. The number of aromatic nitrogens is 2. The molecule has 47 heavy (non-hydrogen) atoms. The molecule has 7 rings (SSSR count). The summed E-state index contributed by atoms with van der Waals surface area (Å²) < 4.78 is 48.8. The summed E-state index contributed by atoms with van der Waals surface area (Å²) in [7, 11) is 0. The van der Waals surface area contributed by atoms with Gasteiger partial charge in [0.25, 0.3) is 5.79 Å². The van der Waals surface area contributed by atoms with Crippen LogP contribution in [0.3, 0.4) is 0 Å². The Morgan fingerprint density at radius 1 is 1.09 bits per heavy atom. The predicted octanol–water partition coefficient (Wildman–Crippen LogP) is 6.73. The number of halogens is 3. The Morgan fingerprint density at radius 3 is 2.53 bits per heavy atom. The first-order valence-electron chi connectivity index (χ1n) is 15.6. The van der Waals surface area contributed by atoms with Gasteiger partial charge in [0.1, 0.15) is 28.8 Å². The van der Waals surface area contributed by atoms with E-state index >= 15 is 0 Å². The molecular formula is C36H32ClF2N3O5. The number of carbonyl (C=O) groups is 1. The van der Waals surface area contributed by atoms with Crippen molar-refractivity contribution in [3.05, 3.63) is 100.0 Å². The number of fused-ring (bicyclic) bond motifs is 1. The van der Waals surface area contributed by atoms with Gasteiger partial charge in [-0.15, -0.1) is 0 Å². The fourth-order valence-electron chi connectivity index (χ4n) is 6.54. The van der Waals surface area contributed by atoms with E-state index in [1.165, 1.54) is 18.2 Å². The van der Waals surface area contributed by atoms with Crippen LogP contribution in [0.2, 0.25) is 5.02 Å². The number of hydrogen-bond acceptors (Lipinski definition) is 6. The Bertz CT molecular complexity index is 1890. The van der Waals surface area contributed by atoms with Crippen LogP contribution in [0.25, 0.3) is 11.3 Å².